The van der Waals surface area contributed by atoms with Crippen molar-refractivity contribution in [3.63, 3.8) is 0 Å². The lowest BCUT2D eigenvalue weighted by Crippen LogP contribution is -2.41. The second kappa shape index (κ2) is 5.29. The number of thiophene rings is 1. The summed E-state index contributed by atoms with van der Waals surface area (Å²) in [5, 5.41) is 12.3. The molecule has 0 amide bonds. The van der Waals surface area contributed by atoms with Gasteiger partial charge in [0.1, 0.15) is 0 Å². The Morgan fingerprint density at radius 1 is 1.61 bits per heavy atom. The van der Waals surface area contributed by atoms with Gasteiger partial charge in [-0.15, -0.1) is 11.3 Å². The lowest BCUT2D eigenvalue weighted by molar-refractivity contribution is 0.0596. The van der Waals surface area contributed by atoms with Crippen molar-refractivity contribution in [2.75, 3.05) is 13.1 Å². The van der Waals surface area contributed by atoms with Crippen molar-refractivity contribution in [2.24, 2.45) is 5.73 Å². The molecule has 1 aliphatic heterocycles. The molecule has 0 aromatic carbocycles. The van der Waals surface area contributed by atoms with Crippen molar-refractivity contribution in [2.45, 2.75) is 51.3 Å². The van der Waals surface area contributed by atoms with Crippen LogP contribution in [0.3, 0.4) is 0 Å². The predicted octanol–water partition coefficient (Wildman–Crippen LogP) is 2.29. The minimum atomic E-state index is -0.559. The summed E-state index contributed by atoms with van der Waals surface area (Å²) in [7, 11) is 0. The zero-order valence-electron chi connectivity index (χ0n) is 11.5. The van der Waals surface area contributed by atoms with E-state index in [1.54, 1.807) is 11.3 Å². The van der Waals surface area contributed by atoms with Crippen LogP contribution in [0.5, 0.6) is 0 Å². The molecule has 1 fully saturated rings. The first-order valence-electron chi connectivity index (χ1n) is 6.70. The highest BCUT2D eigenvalue weighted by Gasteiger charge is 2.38. The fourth-order valence-electron chi connectivity index (χ4n) is 2.76. The number of likely N-dealkylation sites (tertiary alicyclic amines) is 1. The van der Waals surface area contributed by atoms with E-state index in [2.05, 4.69) is 30.2 Å². The van der Waals surface area contributed by atoms with Crippen LogP contribution >= 0.6 is 11.3 Å². The number of nitrogens with zero attached hydrogens (tertiary/aromatic N) is 1. The van der Waals surface area contributed by atoms with Crippen molar-refractivity contribution in [1.82, 2.24) is 4.90 Å². The third-order valence-electron chi connectivity index (χ3n) is 3.92. The second-order valence-corrected chi connectivity index (χ2v) is 6.65. The molecule has 18 heavy (non-hydrogen) atoms. The molecule has 102 valence electrons. The van der Waals surface area contributed by atoms with Crippen LogP contribution in [0.2, 0.25) is 0 Å². The van der Waals surface area contributed by atoms with Gasteiger partial charge in [0.2, 0.25) is 0 Å². The van der Waals surface area contributed by atoms with Gasteiger partial charge in [0.25, 0.3) is 0 Å². The molecule has 3 unspecified atom stereocenters. The van der Waals surface area contributed by atoms with Crippen molar-refractivity contribution in [3.8, 4) is 0 Å². The van der Waals surface area contributed by atoms with Crippen LogP contribution in [0.1, 0.15) is 43.2 Å². The van der Waals surface area contributed by atoms with E-state index in [9.17, 15) is 5.11 Å². The fourth-order valence-corrected chi connectivity index (χ4v) is 3.90. The number of nitrogens with two attached hydrogens (primary N) is 1. The molecule has 2 rings (SSSR count). The molecule has 4 heteroatoms. The summed E-state index contributed by atoms with van der Waals surface area (Å²) >= 11 is 1.79. The number of hydrogen-bond donors (Lipinski definition) is 2. The van der Waals surface area contributed by atoms with Crippen LogP contribution in [-0.4, -0.2) is 34.7 Å². The Morgan fingerprint density at radius 2 is 2.33 bits per heavy atom. The minimum absolute atomic E-state index is 0.135. The lowest BCUT2D eigenvalue weighted by atomic mass is 10.0. The Labute approximate surface area is 114 Å². The summed E-state index contributed by atoms with van der Waals surface area (Å²) in [5.41, 5.74) is 7.09. The third kappa shape index (κ3) is 2.77. The van der Waals surface area contributed by atoms with E-state index in [4.69, 9.17) is 5.73 Å². The van der Waals surface area contributed by atoms with Crippen molar-refractivity contribution < 1.29 is 5.11 Å². The Kier molecular flexibility index (Phi) is 4.11. The molecule has 3 nitrogen and oxygen atoms in total. The van der Waals surface area contributed by atoms with E-state index in [0.717, 1.165) is 25.9 Å². The van der Waals surface area contributed by atoms with Crippen molar-refractivity contribution in [1.29, 1.82) is 0 Å². The topological polar surface area (TPSA) is 49.5 Å². The highest BCUT2D eigenvalue weighted by Crippen LogP contribution is 2.36. The van der Waals surface area contributed by atoms with Gasteiger partial charge in [0.15, 0.2) is 0 Å². The molecule has 1 saturated heterocycles. The van der Waals surface area contributed by atoms with Gasteiger partial charge in [-0.3, -0.25) is 4.90 Å². The highest BCUT2D eigenvalue weighted by molar-refractivity contribution is 7.10. The van der Waals surface area contributed by atoms with Crippen LogP contribution in [0, 0.1) is 6.92 Å². The van der Waals surface area contributed by atoms with E-state index in [1.807, 2.05) is 6.92 Å². The maximum Gasteiger partial charge on any atom is 0.0758 e. The fraction of sp³-hybridized carbons (Fsp3) is 0.714. The van der Waals surface area contributed by atoms with Crippen molar-refractivity contribution >= 4 is 11.3 Å². The largest absolute Gasteiger partial charge is 0.389 e. The average Bonchev–Trinajstić information content (AvgIpc) is 2.86. The second-order valence-electron chi connectivity index (χ2n) is 5.70. The molecular weight excluding hydrogens is 244 g/mol. The van der Waals surface area contributed by atoms with Crippen LogP contribution in [0.25, 0.3) is 0 Å². The van der Waals surface area contributed by atoms with Gasteiger partial charge in [-0.1, -0.05) is 6.92 Å². The maximum absolute atomic E-state index is 10.2. The van der Waals surface area contributed by atoms with E-state index < -0.39 is 5.60 Å². The van der Waals surface area contributed by atoms with Gasteiger partial charge in [0, 0.05) is 24.0 Å². The van der Waals surface area contributed by atoms with Gasteiger partial charge >= 0.3 is 0 Å². The SMILES string of the molecule is CCC(N)C(c1sccc1C)N1CCC(C)(O)C1. The van der Waals surface area contributed by atoms with E-state index in [1.165, 1.54) is 10.4 Å². The molecule has 0 spiro atoms. The zero-order valence-corrected chi connectivity index (χ0v) is 12.3. The third-order valence-corrected chi connectivity index (χ3v) is 5.01. The monoisotopic (exact) mass is 268 g/mol. The molecule has 3 atom stereocenters. The van der Waals surface area contributed by atoms with Gasteiger partial charge < -0.3 is 10.8 Å². The minimum Gasteiger partial charge on any atom is -0.389 e. The standard InChI is InChI=1S/C14H24N2OS/c1-4-11(15)12(13-10(2)5-8-18-13)16-7-6-14(3,17)9-16/h5,8,11-12,17H,4,6-7,9,15H2,1-3H3. The quantitative estimate of drug-likeness (QED) is 0.881. The van der Waals surface area contributed by atoms with E-state index >= 15 is 0 Å². The Balaban J connectivity index is 2.25. The van der Waals surface area contributed by atoms with Crippen LogP contribution in [0.4, 0.5) is 0 Å². The van der Waals surface area contributed by atoms with Gasteiger partial charge in [0.05, 0.1) is 11.6 Å². The number of β-amino-alcohol motifs (C(OH)–C–C–N with tert-alkyl or cyclic N) is 1. The zero-order chi connectivity index (χ0) is 13.3. The number of aryl methyl sites for hydroxylation is 1. The van der Waals surface area contributed by atoms with Crippen molar-refractivity contribution in [3.05, 3.63) is 21.9 Å². The molecule has 1 aromatic heterocycles. The summed E-state index contributed by atoms with van der Waals surface area (Å²) in [4.78, 5) is 3.72. The number of aliphatic hydroxyl groups is 1. The molecule has 0 bridgehead atoms. The summed E-state index contributed by atoms with van der Waals surface area (Å²) < 4.78 is 0. The predicted molar refractivity (Wildman–Crippen MR) is 76.9 cm³/mol. The molecule has 0 saturated carbocycles. The molecular formula is C14H24N2OS. The van der Waals surface area contributed by atoms with Crippen LogP contribution in [-0.2, 0) is 0 Å². The lowest BCUT2D eigenvalue weighted by Gasteiger charge is -2.32. The molecule has 0 radical (unpaired) electrons. The first-order valence-corrected chi connectivity index (χ1v) is 7.58. The normalized spacial score (nSPS) is 28.5. The maximum atomic E-state index is 10.2. The first-order chi connectivity index (χ1) is 8.44. The highest BCUT2D eigenvalue weighted by atomic mass is 32.1. The van der Waals surface area contributed by atoms with Crippen LogP contribution in [0.15, 0.2) is 11.4 Å². The summed E-state index contributed by atoms with van der Waals surface area (Å²) in [6, 6.07) is 2.55. The van der Waals surface area contributed by atoms with E-state index in [0.29, 0.717) is 0 Å². The van der Waals surface area contributed by atoms with Gasteiger partial charge in [-0.2, -0.15) is 0 Å². The Morgan fingerprint density at radius 3 is 2.78 bits per heavy atom. The van der Waals surface area contributed by atoms with Gasteiger partial charge in [-0.05, 0) is 43.7 Å². The summed E-state index contributed by atoms with van der Waals surface area (Å²) in [6.07, 6.45) is 1.80. The average molecular weight is 268 g/mol. The molecule has 1 aliphatic rings. The number of rotatable bonds is 4. The Hall–Kier alpha value is -0.420. The molecule has 3 N–H and O–H groups in total. The summed E-state index contributed by atoms with van der Waals surface area (Å²) in [6.45, 7) is 7.86. The first kappa shape index (κ1) is 14.0. The summed E-state index contributed by atoms with van der Waals surface area (Å²) in [5.74, 6) is 0. The van der Waals surface area contributed by atoms with Gasteiger partial charge in [-0.25, -0.2) is 0 Å². The smallest absolute Gasteiger partial charge is 0.0758 e. The molecule has 0 aliphatic carbocycles. The Bertz CT molecular complexity index is 402. The molecule has 1 aromatic rings. The van der Waals surface area contributed by atoms with E-state index in [-0.39, 0.29) is 12.1 Å². The van der Waals surface area contributed by atoms with Crippen LogP contribution < -0.4 is 5.73 Å². The number of hydrogen-bond acceptors (Lipinski definition) is 4. The molecule has 2 heterocycles.